The van der Waals surface area contributed by atoms with Crippen LogP contribution in [0.3, 0.4) is 0 Å². The van der Waals surface area contributed by atoms with Crippen LogP contribution in [0.2, 0.25) is 0 Å². The normalized spacial score (nSPS) is 13.6. The number of rotatable bonds is 8. The number of nitrogens with zero attached hydrogens (tertiary/aromatic N) is 1. The number of hydrogen-bond acceptors (Lipinski definition) is 8. The van der Waals surface area contributed by atoms with E-state index in [2.05, 4.69) is 10.3 Å². The summed E-state index contributed by atoms with van der Waals surface area (Å²) in [5, 5.41) is 4.79. The molecule has 2 aromatic rings. The van der Waals surface area contributed by atoms with E-state index in [0.717, 1.165) is 15.7 Å². The van der Waals surface area contributed by atoms with Crippen molar-refractivity contribution in [2.24, 2.45) is 0 Å². The molecule has 1 atom stereocenters. The number of benzene rings is 1. The number of amides is 1. The summed E-state index contributed by atoms with van der Waals surface area (Å²) in [7, 11) is 0. The fraction of sp³-hybridized carbons (Fsp3) is 0.421. The Morgan fingerprint density at radius 2 is 2.11 bits per heavy atom. The largest absolute Gasteiger partial charge is 0.486 e. The Morgan fingerprint density at radius 1 is 1.32 bits per heavy atom. The van der Waals surface area contributed by atoms with Crippen LogP contribution in [-0.2, 0) is 20.7 Å². The highest BCUT2D eigenvalue weighted by Gasteiger charge is 2.16. The number of ether oxygens (including phenoxy) is 3. The number of esters is 1. The zero-order valence-electron chi connectivity index (χ0n) is 15.7. The smallest absolute Gasteiger partial charge is 0.311 e. The van der Waals surface area contributed by atoms with Crippen molar-refractivity contribution in [1.29, 1.82) is 0 Å². The van der Waals surface area contributed by atoms with Crippen molar-refractivity contribution in [2.75, 3.05) is 25.6 Å². The summed E-state index contributed by atoms with van der Waals surface area (Å²) in [4.78, 5) is 28.1. The molecule has 0 saturated carbocycles. The van der Waals surface area contributed by atoms with Gasteiger partial charge in [0.2, 0.25) is 5.91 Å². The van der Waals surface area contributed by atoms with Crippen LogP contribution in [0.5, 0.6) is 11.5 Å². The van der Waals surface area contributed by atoms with E-state index in [4.69, 9.17) is 14.2 Å². The van der Waals surface area contributed by atoms with Crippen LogP contribution in [0.15, 0.2) is 27.9 Å². The van der Waals surface area contributed by atoms with E-state index in [9.17, 15) is 9.59 Å². The maximum Gasteiger partial charge on any atom is 0.311 e. The van der Waals surface area contributed by atoms with E-state index in [1.54, 1.807) is 6.92 Å². The third kappa shape index (κ3) is 5.62. The Labute approximate surface area is 171 Å². The summed E-state index contributed by atoms with van der Waals surface area (Å²) < 4.78 is 16.8. The molecule has 1 aromatic carbocycles. The Bertz CT molecular complexity index is 839. The van der Waals surface area contributed by atoms with Crippen molar-refractivity contribution >= 4 is 35.0 Å². The molecule has 1 unspecified atom stereocenters. The van der Waals surface area contributed by atoms with Gasteiger partial charge in [-0.25, -0.2) is 4.98 Å². The van der Waals surface area contributed by atoms with Gasteiger partial charge in [-0.05, 0) is 31.5 Å². The number of nitrogens with one attached hydrogen (secondary N) is 1. The summed E-state index contributed by atoms with van der Waals surface area (Å²) >= 11 is 2.76. The molecule has 1 aliphatic heterocycles. The van der Waals surface area contributed by atoms with Gasteiger partial charge in [-0.2, -0.15) is 0 Å². The Hall–Kier alpha value is -2.26. The van der Waals surface area contributed by atoms with Gasteiger partial charge in [0.15, 0.2) is 15.8 Å². The average Bonchev–Trinajstić information content (AvgIpc) is 3.13. The molecule has 9 heteroatoms. The summed E-state index contributed by atoms with van der Waals surface area (Å²) in [6.45, 7) is 5.12. The van der Waals surface area contributed by atoms with Crippen molar-refractivity contribution < 1.29 is 23.8 Å². The number of hydrogen-bond donors (Lipinski definition) is 1. The van der Waals surface area contributed by atoms with Crippen molar-refractivity contribution in [2.45, 2.75) is 30.6 Å². The number of thiazole rings is 1. The molecular formula is C19H22N2O5S2. The van der Waals surface area contributed by atoms with Gasteiger partial charge in [0.05, 0.1) is 30.5 Å². The van der Waals surface area contributed by atoms with Gasteiger partial charge in [0.1, 0.15) is 13.2 Å². The van der Waals surface area contributed by atoms with Crippen molar-refractivity contribution in [3.63, 3.8) is 0 Å². The summed E-state index contributed by atoms with van der Waals surface area (Å²) in [6.07, 6.45) is 0.151. The SMILES string of the molecule is CCOC(=O)Cc1csc(SCC(=O)NC(C)c2ccc3c(c2)OCCO3)n1. The molecule has 2 heterocycles. The van der Waals surface area contributed by atoms with Crippen LogP contribution in [0.1, 0.15) is 31.1 Å². The maximum absolute atomic E-state index is 12.3. The average molecular weight is 423 g/mol. The molecule has 0 bridgehead atoms. The highest BCUT2D eigenvalue weighted by molar-refractivity contribution is 8.01. The van der Waals surface area contributed by atoms with Crippen LogP contribution in [0.4, 0.5) is 0 Å². The fourth-order valence-electron chi connectivity index (χ4n) is 2.62. The Balaban J connectivity index is 1.48. The molecule has 7 nitrogen and oxygen atoms in total. The second-order valence-electron chi connectivity index (χ2n) is 6.07. The second kappa shape index (κ2) is 9.79. The molecule has 150 valence electrons. The summed E-state index contributed by atoms with van der Waals surface area (Å²) in [6, 6.07) is 5.53. The molecule has 0 fully saturated rings. The van der Waals surface area contributed by atoms with Crippen LogP contribution in [0.25, 0.3) is 0 Å². The standard InChI is InChI=1S/C19H22N2O5S2/c1-3-24-18(23)9-14-10-27-19(21-14)28-11-17(22)20-12(2)13-4-5-15-16(8-13)26-7-6-25-15/h4-5,8,10,12H,3,6-7,9,11H2,1-2H3,(H,20,22). The Morgan fingerprint density at radius 3 is 2.89 bits per heavy atom. The van der Waals surface area contributed by atoms with E-state index >= 15 is 0 Å². The third-order valence-corrected chi connectivity index (χ3v) is 6.00. The molecule has 0 aliphatic carbocycles. The number of fused-ring (bicyclic) bond motifs is 1. The first-order valence-corrected chi connectivity index (χ1v) is 10.8. The molecule has 0 saturated heterocycles. The van der Waals surface area contributed by atoms with Crippen LogP contribution in [-0.4, -0.2) is 42.4 Å². The molecule has 3 rings (SSSR count). The quantitative estimate of drug-likeness (QED) is 0.517. The fourth-order valence-corrected chi connectivity index (χ4v) is 4.27. The minimum atomic E-state index is -0.296. The lowest BCUT2D eigenvalue weighted by Gasteiger charge is -2.21. The van der Waals surface area contributed by atoms with E-state index in [1.165, 1.54) is 23.1 Å². The maximum atomic E-state index is 12.3. The van der Waals surface area contributed by atoms with Crippen LogP contribution < -0.4 is 14.8 Å². The van der Waals surface area contributed by atoms with Gasteiger partial charge >= 0.3 is 5.97 Å². The molecular weight excluding hydrogens is 400 g/mol. The van der Waals surface area contributed by atoms with E-state index in [-0.39, 0.29) is 30.1 Å². The molecule has 1 aliphatic rings. The molecule has 0 radical (unpaired) electrons. The topological polar surface area (TPSA) is 86.8 Å². The zero-order chi connectivity index (χ0) is 19.9. The lowest BCUT2D eigenvalue weighted by atomic mass is 10.1. The minimum absolute atomic E-state index is 0.0884. The van der Waals surface area contributed by atoms with Crippen LogP contribution >= 0.6 is 23.1 Å². The minimum Gasteiger partial charge on any atom is -0.486 e. The Kier molecular flexibility index (Phi) is 7.16. The number of carbonyl (C=O) groups excluding carboxylic acids is 2. The monoisotopic (exact) mass is 422 g/mol. The summed E-state index contributed by atoms with van der Waals surface area (Å²) in [5.41, 5.74) is 1.62. The van der Waals surface area contributed by atoms with E-state index in [0.29, 0.717) is 31.3 Å². The van der Waals surface area contributed by atoms with Gasteiger partial charge in [-0.1, -0.05) is 17.8 Å². The molecule has 28 heavy (non-hydrogen) atoms. The zero-order valence-corrected chi connectivity index (χ0v) is 17.4. The van der Waals surface area contributed by atoms with Crippen molar-refractivity contribution in [1.82, 2.24) is 10.3 Å². The molecule has 1 amide bonds. The molecule has 1 N–H and O–H groups in total. The second-order valence-corrected chi connectivity index (χ2v) is 8.15. The molecule has 0 spiro atoms. The summed E-state index contributed by atoms with van der Waals surface area (Å²) in [5.74, 6) is 1.30. The molecule has 1 aromatic heterocycles. The first-order valence-electron chi connectivity index (χ1n) is 8.97. The van der Waals surface area contributed by atoms with Crippen LogP contribution in [0, 0.1) is 0 Å². The van der Waals surface area contributed by atoms with Gasteiger partial charge in [0, 0.05) is 5.38 Å². The lowest BCUT2D eigenvalue weighted by Crippen LogP contribution is -2.28. The number of carbonyl (C=O) groups is 2. The van der Waals surface area contributed by atoms with Gasteiger partial charge in [-0.3, -0.25) is 9.59 Å². The number of thioether (sulfide) groups is 1. The van der Waals surface area contributed by atoms with Gasteiger partial charge in [0.25, 0.3) is 0 Å². The first kappa shape index (κ1) is 20.5. The highest BCUT2D eigenvalue weighted by atomic mass is 32.2. The van der Waals surface area contributed by atoms with Crippen molar-refractivity contribution in [3.8, 4) is 11.5 Å². The van der Waals surface area contributed by atoms with Crippen molar-refractivity contribution in [3.05, 3.63) is 34.8 Å². The number of aromatic nitrogens is 1. The lowest BCUT2D eigenvalue weighted by molar-refractivity contribution is -0.142. The van der Waals surface area contributed by atoms with Gasteiger partial charge < -0.3 is 19.5 Å². The van der Waals surface area contributed by atoms with E-state index < -0.39 is 0 Å². The first-order chi connectivity index (χ1) is 13.5. The third-order valence-electron chi connectivity index (χ3n) is 3.93. The van der Waals surface area contributed by atoms with E-state index in [1.807, 2.05) is 30.5 Å². The predicted molar refractivity (Wildman–Crippen MR) is 107 cm³/mol. The van der Waals surface area contributed by atoms with Gasteiger partial charge in [-0.15, -0.1) is 11.3 Å². The highest BCUT2D eigenvalue weighted by Crippen LogP contribution is 2.32. The predicted octanol–water partition coefficient (Wildman–Crippen LogP) is 2.99.